The first-order valence-electron chi connectivity index (χ1n) is 6.44. The Morgan fingerprint density at radius 1 is 1.13 bits per heavy atom. The summed E-state index contributed by atoms with van der Waals surface area (Å²) < 4.78 is 0. The van der Waals surface area contributed by atoms with Gasteiger partial charge in [-0.15, -0.1) is 0 Å². The lowest BCUT2D eigenvalue weighted by Gasteiger charge is -2.19. The number of hydrogen-bond donors (Lipinski definition) is 1. The quantitative estimate of drug-likeness (QED) is 0.626. The SMILES string of the molecule is CCCCC(CC)CC(CCC)C(N)=O. The van der Waals surface area contributed by atoms with E-state index < -0.39 is 0 Å². The number of nitrogens with two attached hydrogens (primary N) is 1. The molecule has 2 heteroatoms. The van der Waals surface area contributed by atoms with Crippen LogP contribution in [0.1, 0.15) is 65.7 Å². The maximum atomic E-state index is 11.2. The number of rotatable bonds is 9. The van der Waals surface area contributed by atoms with E-state index in [1.54, 1.807) is 0 Å². The molecule has 2 unspecified atom stereocenters. The summed E-state index contributed by atoms with van der Waals surface area (Å²) in [4.78, 5) is 11.2. The summed E-state index contributed by atoms with van der Waals surface area (Å²) in [6, 6.07) is 0. The van der Waals surface area contributed by atoms with E-state index >= 15 is 0 Å². The highest BCUT2D eigenvalue weighted by Crippen LogP contribution is 2.24. The fourth-order valence-corrected chi connectivity index (χ4v) is 2.11. The van der Waals surface area contributed by atoms with Crippen molar-refractivity contribution >= 4 is 5.91 Å². The maximum absolute atomic E-state index is 11.2. The van der Waals surface area contributed by atoms with Gasteiger partial charge < -0.3 is 5.73 Å². The van der Waals surface area contributed by atoms with Crippen molar-refractivity contribution in [2.75, 3.05) is 0 Å². The highest BCUT2D eigenvalue weighted by Gasteiger charge is 2.18. The molecule has 0 bridgehead atoms. The Labute approximate surface area is 94.6 Å². The molecule has 0 saturated heterocycles. The number of carbonyl (C=O) groups is 1. The van der Waals surface area contributed by atoms with Crippen molar-refractivity contribution in [2.24, 2.45) is 17.6 Å². The molecule has 1 amide bonds. The van der Waals surface area contributed by atoms with Crippen LogP contribution in [0.15, 0.2) is 0 Å². The molecule has 0 spiro atoms. The predicted octanol–water partition coefficient (Wildman–Crippen LogP) is 3.49. The fraction of sp³-hybridized carbons (Fsp3) is 0.923. The Kier molecular flexibility index (Phi) is 8.44. The maximum Gasteiger partial charge on any atom is 0.220 e. The average molecular weight is 213 g/mol. The molecule has 0 aromatic heterocycles. The zero-order chi connectivity index (χ0) is 11.7. The summed E-state index contributed by atoms with van der Waals surface area (Å²) in [6.45, 7) is 6.54. The molecular weight excluding hydrogens is 186 g/mol. The summed E-state index contributed by atoms with van der Waals surface area (Å²) in [5.41, 5.74) is 5.42. The second-order valence-electron chi connectivity index (χ2n) is 4.54. The third kappa shape index (κ3) is 6.53. The van der Waals surface area contributed by atoms with Crippen LogP contribution >= 0.6 is 0 Å². The summed E-state index contributed by atoms with van der Waals surface area (Å²) in [6.07, 6.45) is 7.95. The highest BCUT2D eigenvalue weighted by atomic mass is 16.1. The molecule has 0 aliphatic heterocycles. The summed E-state index contributed by atoms with van der Waals surface area (Å²) in [5, 5.41) is 0. The largest absolute Gasteiger partial charge is 0.369 e. The normalized spacial score (nSPS) is 14.9. The Bertz CT molecular complexity index is 168. The third-order valence-electron chi connectivity index (χ3n) is 3.20. The van der Waals surface area contributed by atoms with Crippen molar-refractivity contribution in [3.63, 3.8) is 0 Å². The standard InChI is InChI=1S/C13H27NO/c1-4-7-9-11(6-3)10-12(8-5-2)13(14)15/h11-12H,4-10H2,1-3H3,(H2,14,15). The van der Waals surface area contributed by atoms with Gasteiger partial charge in [-0.2, -0.15) is 0 Å². The van der Waals surface area contributed by atoms with E-state index in [-0.39, 0.29) is 11.8 Å². The van der Waals surface area contributed by atoms with E-state index in [4.69, 9.17) is 5.73 Å². The van der Waals surface area contributed by atoms with Crippen LogP contribution in [0.3, 0.4) is 0 Å². The van der Waals surface area contributed by atoms with Crippen molar-refractivity contribution in [3.8, 4) is 0 Å². The van der Waals surface area contributed by atoms with E-state index in [0.29, 0.717) is 5.92 Å². The Hall–Kier alpha value is -0.530. The van der Waals surface area contributed by atoms with Gasteiger partial charge in [0.05, 0.1) is 0 Å². The van der Waals surface area contributed by atoms with Crippen molar-refractivity contribution < 1.29 is 4.79 Å². The van der Waals surface area contributed by atoms with Crippen LogP contribution in [0.25, 0.3) is 0 Å². The first-order chi connectivity index (χ1) is 7.15. The van der Waals surface area contributed by atoms with Gasteiger partial charge in [-0.25, -0.2) is 0 Å². The zero-order valence-electron chi connectivity index (χ0n) is 10.6. The lowest BCUT2D eigenvalue weighted by Crippen LogP contribution is -2.25. The molecule has 0 heterocycles. The molecule has 0 aliphatic carbocycles. The van der Waals surface area contributed by atoms with Crippen molar-refractivity contribution in [3.05, 3.63) is 0 Å². The topological polar surface area (TPSA) is 43.1 Å². The second kappa shape index (κ2) is 8.75. The monoisotopic (exact) mass is 213 g/mol. The summed E-state index contributed by atoms with van der Waals surface area (Å²) in [5.74, 6) is 0.692. The Morgan fingerprint density at radius 2 is 1.80 bits per heavy atom. The Balaban J connectivity index is 4.03. The average Bonchev–Trinajstić information content (AvgIpc) is 2.22. The smallest absolute Gasteiger partial charge is 0.220 e. The molecule has 0 saturated carbocycles. The van der Waals surface area contributed by atoms with E-state index in [9.17, 15) is 4.79 Å². The molecule has 0 aromatic rings. The number of unbranched alkanes of at least 4 members (excludes halogenated alkanes) is 1. The van der Waals surface area contributed by atoms with Crippen LogP contribution in [0, 0.1) is 11.8 Å². The second-order valence-corrected chi connectivity index (χ2v) is 4.54. The van der Waals surface area contributed by atoms with Crippen molar-refractivity contribution in [1.29, 1.82) is 0 Å². The van der Waals surface area contributed by atoms with Gasteiger partial charge in [-0.1, -0.05) is 52.9 Å². The first kappa shape index (κ1) is 14.5. The fourth-order valence-electron chi connectivity index (χ4n) is 2.11. The molecule has 2 atom stereocenters. The molecule has 0 fully saturated rings. The van der Waals surface area contributed by atoms with Crippen LogP contribution < -0.4 is 5.73 Å². The van der Waals surface area contributed by atoms with Crippen LogP contribution in [0.5, 0.6) is 0 Å². The molecular formula is C13H27NO. The van der Waals surface area contributed by atoms with Gasteiger partial charge in [0.25, 0.3) is 0 Å². The van der Waals surface area contributed by atoms with Crippen LogP contribution in [-0.2, 0) is 4.79 Å². The Morgan fingerprint density at radius 3 is 2.20 bits per heavy atom. The van der Waals surface area contributed by atoms with Gasteiger partial charge in [-0.3, -0.25) is 4.79 Å². The minimum Gasteiger partial charge on any atom is -0.369 e. The zero-order valence-corrected chi connectivity index (χ0v) is 10.6. The summed E-state index contributed by atoms with van der Waals surface area (Å²) in [7, 11) is 0. The molecule has 90 valence electrons. The van der Waals surface area contributed by atoms with Gasteiger partial charge in [0.2, 0.25) is 5.91 Å². The van der Waals surface area contributed by atoms with Gasteiger partial charge in [-0.05, 0) is 18.8 Å². The molecule has 2 N–H and O–H groups in total. The third-order valence-corrected chi connectivity index (χ3v) is 3.20. The van der Waals surface area contributed by atoms with Crippen molar-refractivity contribution in [2.45, 2.75) is 65.7 Å². The van der Waals surface area contributed by atoms with E-state index in [0.717, 1.165) is 19.3 Å². The van der Waals surface area contributed by atoms with Crippen LogP contribution in [0.4, 0.5) is 0 Å². The van der Waals surface area contributed by atoms with Crippen molar-refractivity contribution in [1.82, 2.24) is 0 Å². The van der Waals surface area contributed by atoms with Gasteiger partial charge in [0.15, 0.2) is 0 Å². The number of primary amides is 1. The number of hydrogen-bond acceptors (Lipinski definition) is 1. The minimum absolute atomic E-state index is 0.105. The predicted molar refractivity (Wildman–Crippen MR) is 65.5 cm³/mol. The summed E-state index contributed by atoms with van der Waals surface area (Å²) >= 11 is 0. The first-order valence-corrected chi connectivity index (χ1v) is 6.44. The number of amides is 1. The van der Waals surface area contributed by atoms with E-state index in [1.165, 1.54) is 25.7 Å². The highest BCUT2D eigenvalue weighted by molar-refractivity contribution is 5.76. The molecule has 2 nitrogen and oxygen atoms in total. The molecule has 0 aliphatic rings. The minimum atomic E-state index is -0.105. The van der Waals surface area contributed by atoms with E-state index in [2.05, 4.69) is 20.8 Å². The van der Waals surface area contributed by atoms with Gasteiger partial charge >= 0.3 is 0 Å². The number of carbonyl (C=O) groups excluding carboxylic acids is 1. The molecule has 15 heavy (non-hydrogen) atoms. The lowest BCUT2D eigenvalue weighted by molar-refractivity contribution is -0.122. The lowest BCUT2D eigenvalue weighted by atomic mass is 9.86. The molecule has 0 rings (SSSR count). The van der Waals surface area contributed by atoms with Crippen LogP contribution in [0.2, 0.25) is 0 Å². The van der Waals surface area contributed by atoms with E-state index in [1.807, 2.05) is 0 Å². The van der Waals surface area contributed by atoms with Gasteiger partial charge in [0, 0.05) is 5.92 Å². The van der Waals surface area contributed by atoms with Gasteiger partial charge in [0.1, 0.15) is 0 Å². The molecule has 0 aromatic carbocycles. The van der Waals surface area contributed by atoms with Crippen LogP contribution in [-0.4, -0.2) is 5.91 Å². The molecule has 0 radical (unpaired) electrons.